The maximum atomic E-state index is 5.86. The SMILES string of the molecule is CC.CCC1CCOC2(C1)CN(C)C2. The lowest BCUT2D eigenvalue weighted by molar-refractivity contribution is -0.172. The van der Waals surface area contributed by atoms with Crippen molar-refractivity contribution in [1.82, 2.24) is 4.90 Å². The van der Waals surface area contributed by atoms with E-state index in [9.17, 15) is 0 Å². The third-order valence-electron chi connectivity index (χ3n) is 3.29. The Morgan fingerprint density at radius 2 is 2.00 bits per heavy atom. The zero-order valence-electron chi connectivity index (χ0n) is 10.2. The third kappa shape index (κ3) is 2.48. The van der Waals surface area contributed by atoms with Gasteiger partial charge in [-0.25, -0.2) is 0 Å². The van der Waals surface area contributed by atoms with E-state index >= 15 is 0 Å². The Labute approximate surface area is 88.6 Å². The molecule has 1 atom stereocenters. The normalized spacial score (nSPS) is 30.4. The molecule has 2 heteroatoms. The van der Waals surface area contributed by atoms with Crippen molar-refractivity contribution in [1.29, 1.82) is 0 Å². The van der Waals surface area contributed by atoms with Crippen molar-refractivity contribution < 1.29 is 4.74 Å². The van der Waals surface area contributed by atoms with Crippen LogP contribution in [0.5, 0.6) is 0 Å². The molecule has 1 spiro atoms. The molecule has 2 saturated heterocycles. The molecule has 2 fully saturated rings. The molecule has 2 aliphatic rings. The number of rotatable bonds is 1. The average molecular weight is 199 g/mol. The Balaban J connectivity index is 0.000000461. The molecule has 2 heterocycles. The zero-order chi connectivity index (χ0) is 10.6. The molecule has 0 saturated carbocycles. The van der Waals surface area contributed by atoms with Crippen LogP contribution in [0.3, 0.4) is 0 Å². The van der Waals surface area contributed by atoms with E-state index in [1.807, 2.05) is 13.8 Å². The first-order chi connectivity index (χ1) is 6.74. The second-order valence-corrected chi connectivity index (χ2v) is 4.47. The monoisotopic (exact) mass is 199 g/mol. The van der Waals surface area contributed by atoms with E-state index in [-0.39, 0.29) is 5.60 Å². The first-order valence-electron chi connectivity index (χ1n) is 6.06. The van der Waals surface area contributed by atoms with Crippen LogP contribution in [0.2, 0.25) is 0 Å². The van der Waals surface area contributed by atoms with Gasteiger partial charge in [0.25, 0.3) is 0 Å². The lowest BCUT2D eigenvalue weighted by Gasteiger charge is -2.52. The minimum absolute atomic E-state index is 0.272. The zero-order valence-corrected chi connectivity index (χ0v) is 10.2. The van der Waals surface area contributed by atoms with Crippen molar-refractivity contribution in [3.8, 4) is 0 Å². The Bertz CT molecular complexity index is 158. The molecule has 0 aromatic rings. The van der Waals surface area contributed by atoms with Crippen LogP contribution in [-0.2, 0) is 4.74 Å². The van der Waals surface area contributed by atoms with Gasteiger partial charge in [-0.05, 0) is 25.8 Å². The second kappa shape index (κ2) is 5.13. The molecule has 84 valence electrons. The van der Waals surface area contributed by atoms with Crippen LogP contribution in [0.4, 0.5) is 0 Å². The molecule has 1 unspecified atom stereocenters. The topological polar surface area (TPSA) is 12.5 Å². The molecule has 0 N–H and O–H groups in total. The highest BCUT2D eigenvalue weighted by atomic mass is 16.5. The minimum atomic E-state index is 0.272. The maximum Gasteiger partial charge on any atom is 0.0937 e. The van der Waals surface area contributed by atoms with Gasteiger partial charge in [0.05, 0.1) is 5.60 Å². The first-order valence-corrected chi connectivity index (χ1v) is 6.06. The van der Waals surface area contributed by atoms with Gasteiger partial charge in [-0.2, -0.15) is 0 Å². The molecule has 0 radical (unpaired) electrons. The van der Waals surface area contributed by atoms with Crippen molar-refractivity contribution in [2.24, 2.45) is 5.92 Å². The summed E-state index contributed by atoms with van der Waals surface area (Å²) in [6.07, 6.45) is 3.91. The van der Waals surface area contributed by atoms with Crippen molar-refractivity contribution >= 4 is 0 Å². The quantitative estimate of drug-likeness (QED) is 0.643. The van der Waals surface area contributed by atoms with Crippen LogP contribution in [0.1, 0.15) is 40.0 Å². The van der Waals surface area contributed by atoms with Crippen molar-refractivity contribution in [3.63, 3.8) is 0 Å². The van der Waals surface area contributed by atoms with Crippen molar-refractivity contribution in [3.05, 3.63) is 0 Å². The van der Waals surface area contributed by atoms with Gasteiger partial charge in [-0.3, -0.25) is 0 Å². The predicted molar refractivity (Wildman–Crippen MR) is 60.5 cm³/mol. The van der Waals surface area contributed by atoms with Gasteiger partial charge in [0.2, 0.25) is 0 Å². The Hall–Kier alpha value is -0.0800. The van der Waals surface area contributed by atoms with E-state index in [4.69, 9.17) is 4.74 Å². The lowest BCUT2D eigenvalue weighted by atomic mass is 9.80. The Morgan fingerprint density at radius 3 is 2.50 bits per heavy atom. The number of hydrogen-bond donors (Lipinski definition) is 0. The predicted octanol–water partition coefficient (Wildman–Crippen LogP) is 2.53. The summed E-state index contributed by atoms with van der Waals surface area (Å²) in [5, 5.41) is 0. The largest absolute Gasteiger partial charge is 0.372 e. The van der Waals surface area contributed by atoms with Gasteiger partial charge in [0, 0.05) is 19.7 Å². The summed E-state index contributed by atoms with van der Waals surface area (Å²) in [5.74, 6) is 0.924. The molecule has 0 bridgehead atoms. The van der Waals surface area contributed by atoms with Gasteiger partial charge in [0.15, 0.2) is 0 Å². The van der Waals surface area contributed by atoms with Gasteiger partial charge < -0.3 is 9.64 Å². The second-order valence-electron chi connectivity index (χ2n) is 4.47. The van der Waals surface area contributed by atoms with Gasteiger partial charge >= 0.3 is 0 Å². The molecule has 14 heavy (non-hydrogen) atoms. The van der Waals surface area contributed by atoms with Crippen molar-refractivity contribution in [2.75, 3.05) is 26.7 Å². The fraction of sp³-hybridized carbons (Fsp3) is 1.00. The van der Waals surface area contributed by atoms with Gasteiger partial charge in [0.1, 0.15) is 0 Å². The van der Waals surface area contributed by atoms with E-state index < -0.39 is 0 Å². The fourth-order valence-electron chi connectivity index (χ4n) is 2.64. The molecule has 0 aliphatic carbocycles. The molecule has 2 aliphatic heterocycles. The summed E-state index contributed by atoms with van der Waals surface area (Å²) in [7, 11) is 2.17. The van der Waals surface area contributed by atoms with E-state index in [1.165, 1.54) is 19.3 Å². The summed E-state index contributed by atoms with van der Waals surface area (Å²) in [5.41, 5.74) is 0.272. The highest BCUT2D eigenvalue weighted by molar-refractivity contribution is 4.98. The molecule has 0 aromatic carbocycles. The van der Waals surface area contributed by atoms with E-state index in [0.717, 1.165) is 25.6 Å². The van der Waals surface area contributed by atoms with Crippen LogP contribution >= 0.6 is 0 Å². The van der Waals surface area contributed by atoms with E-state index in [1.54, 1.807) is 0 Å². The molecule has 2 nitrogen and oxygen atoms in total. The standard InChI is InChI=1S/C10H19NO.C2H6/c1-3-9-4-5-12-10(6-9)7-11(2)8-10;1-2/h9H,3-8H2,1-2H3;1-2H3. The van der Waals surface area contributed by atoms with Crippen LogP contribution in [0, 0.1) is 5.92 Å². The number of likely N-dealkylation sites (tertiary alicyclic amines) is 1. The molecular formula is C12H25NO. The Morgan fingerprint density at radius 1 is 1.36 bits per heavy atom. The minimum Gasteiger partial charge on any atom is -0.372 e. The first kappa shape index (κ1) is 12.0. The number of hydrogen-bond acceptors (Lipinski definition) is 2. The third-order valence-corrected chi connectivity index (χ3v) is 3.29. The van der Waals surface area contributed by atoms with Crippen molar-refractivity contribution in [2.45, 2.75) is 45.6 Å². The summed E-state index contributed by atoms with van der Waals surface area (Å²) >= 11 is 0. The van der Waals surface area contributed by atoms with Crippen LogP contribution < -0.4 is 0 Å². The summed E-state index contributed by atoms with van der Waals surface area (Å²) in [6, 6.07) is 0. The average Bonchev–Trinajstić information content (AvgIpc) is 2.19. The Kier molecular flexibility index (Phi) is 4.39. The van der Waals surface area contributed by atoms with Gasteiger partial charge in [-0.15, -0.1) is 0 Å². The maximum absolute atomic E-state index is 5.86. The van der Waals surface area contributed by atoms with Crippen LogP contribution in [0.15, 0.2) is 0 Å². The highest BCUT2D eigenvalue weighted by Crippen LogP contribution is 2.36. The smallest absolute Gasteiger partial charge is 0.0937 e. The number of likely N-dealkylation sites (N-methyl/N-ethyl adjacent to an activating group) is 1. The molecule has 2 rings (SSSR count). The van der Waals surface area contributed by atoms with E-state index in [0.29, 0.717) is 0 Å². The van der Waals surface area contributed by atoms with Gasteiger partial charge in [-0.1, -0.05) is 27.2 Å². The van der Waals surface area contributed by atoms with E-state index in [2.05, 4.69) is 18.9 Å². The van der Waals surface area contributed by atoms with Crippen LogP contribution in [0.25, 0.3) is 0 Å². The summed E-state index contributed by atoms with van der Waals surface area (Å²) < 4.78 is 5.86. The molecular weight excluding hydrogens is 174 g/mol. The van der Waals surface area contributed by atoms with Crippen LogP contribution in [-0.4, -0.2) is 37.2 Å². The number of ether oxygens (including phenoxy) is 1. The molecule has 0 aromatic heterocycles. The highest BCUT2D eigenvalue weighted by Gasteiger charge is 2.45. The summed E-state index contributed by atoms with van der Waals surface area (Å²) in [4.78, 5) is 2.35. The molecule has 0 amide bonds. The number of nitrogens with zero attached hydrogens (tertiary/aromatic N) is 1. The fourth-order valence-corrected chi connectivity index (χ4v) is 2.64. The lowest BCUT2D eigenvalue weighted by Crippen LogP contribution is -2.63. The summed E-state index contributed by atoms with van der Waals surface area (Å²) in [6.45, 7) is 9.60.